The summed E-state index contributed by atoms with van der Waals surface area (Å²) in [6, 6.07) is 0. The van der Waals surface area contributed by atoms with Gasteiger partial charge in [0.2, 0.25) is 0 Å². The van der Waals surface area contributed by atoms with Crippen LogP contribution in [0.5, 0.6) is 0 Å². The van der Waals surface area contributed by atoms with E-state index in [1.54, 1.807) is 0 Å². The minimum Gasteiger partial charge on any atom is -1.00 e. The van der Waals surface area contributed by atoms with Crippen LogP contribution in [0.3, 0.4) is 0 Å². The van der Waals surface area contributed by atoms with Crippen molar-refractivity contribution in [2.24, 2.45) is 0 Å². The Labute approximate surface area is 120 Å². The second-order valence-corrected chi connectivity index (χ2v) is 2.93. The van der Waals surface area contributed by atoms with Crippen molar-refractivity contribution in [3.8, 4) is 0 Å². The van der Waals surface area contributed by atoms with Crippen LogP contribution in [0.4, 0.5) is 0 Å². The number of rotatable bonds is 0. The van der Waals surface area contributed by atoms with E-state index in [0.29, 0.717) is 0 Å². The van der Waals surface area contributed by atoms with E-state index < -0.39 is 0 Å². The Hall–Kier alpha value is 0.943. The van der Waals surface area contributed by atoms with Crippen LogP contribution in [-0.4, -0.2) is 0 Å². The maximum atomic E-state index is 2.99. The molecule has 0 heterocycles. The number of hydrogen-bond donors (Lipinski definition) is 0. The first-order chi connectivity index (χ1) is 5.50. The van der Waals surface area contributed by atoms with Crippen molar-refractivity contribution in [2.75, 3.05) is 0 Å². The molecule has 0 atom stereocenters. The fourth-order valence-electron chi connectivity index (χ4n) is 1.24. The summed E-state index contributed by atoms with van der Waals surface area (Å²) in [5.41, 5.74) is 0. The standard InChI is InChI=1S/C6H11.C5H5.2ClH.Zr/c1-2-4-6-5-3-1;1-2-4-5-3-1;;;/h1H,2-6H2;1-3H,4H2;2*1H;/q2*-1;;;+4/p-2. The molecule has 2 rings (SSSR count). The predicted octanol–water partition coefficient (Wildman–Crippen LogP) is -2.53. The van der Waals surface area contributed by atoms with E-state index in [9.17, 15) is 0 Å². The normalized spacial score (nSPS) is 16.6. The van der Waals surface area contributed by atoms with Gasteiger partial charge in [-0.3, -0.25) is 6.08 Å². The Kier molecular flexibility index (Phi) is 23.8. The van der Waals surface area contributed by atoms with Crippen molar-refractivity contribution >= 4 is 0 Å². The smallest absolute Gasteiger partial charge is 1.00 e. The van der Waals surface area contributed by atoms with Gasteiger partial charge in [-0.15, -0.1) is 6.42 Å². The predicted molar refractivity (Wildman–Crippen MR) is 49.0 cm³/mol. The average Bonchev–Trinajstić information content (AvgIpc) is 2.64. The van der Waals surface area contributed by atoms with Gasteiger partial charge in [0.1, 0.15) is 0 Å². The minimum absolute atomic E-state index is 0. The third-order valence-electron chi connectivity index (χ3n) is 1.90. The van der Waals surface area contributed by atoms with Crippen molar-refractivity contribution < 1.29 is 51.0 Å². The van der Waals surface area contributed by atoms with Crippen LogP contribution in [0.2, 0.25) is 0 Å². The van der Waals surface area contributed by atoms with Gasteiger partial charge in [-0.1, -0.05) is 19.3 Å². The van der Waals surface area contributed by atoms with Crippen LogP contribution >= 0.6 is 0 Å². The van der Waals surface area contributed by atoms with E-state index in [1.165, 1.54) is 32.1 Å². The molecule has 78 valence electrons. The molecule has 0 unspecified atom stereocenters. The number of hydrogen-bond acceptors (Lipinski definition) is 0. The van der Waals surface area contributed by atoms with Gasteiger partial charge >= 0.3 is 26.2 Å². The Balaban J connectivity index is -0.000000144. The molecule has 0 saturated heterocycles. The average molecular weight is 310 g/mol. The van der Waals surface area contributed by atoms with Gasteiger partial charge < -0.3 is 31.2 Å². The molecule has 14 heavy (non-hydrogen) atoms. The second kappa shape index (κ2) is 16.4. The molecule has 2 aliphatic rings. The van der Waals surface area contributed by atoms with Crippen molar-refractivity contribution in [3.05, 3.63) is 30.7 Å². The van der Waals surface area contributed by atoms with Gasteiger partial charge in [0, 0.05) is 0 Å². The Morgan fingerprint density at radius 1 is 1.00 bits per heavy atom. The maximum absolute atomic E-state index is 2.99. The van der Waals surface area contributed by atoms with Crippen LogP contribution in [0.15, 0.2) is 18.2 Å². The van der Waals surface area contributed by atoms with Gasteiger partial charge in [-0.2, -0.15) is 18.9 Å². The Bertz CT molecular complexity index is 119. The molecule has 0 spiro atoms. The zero-order valence-electron chi connectivity index (χ0n) is 8.31. The largest absolute Gasteiger partial charge is 4.00 e. The first-order valence-electron chi connectivity index (χ1n) is 4.53. The molecule has 0 nitrogen and oxygen atoms in total. The summed E-state index contributed by atoms with van der Waals surface area (Å²) in [5.74, 6) is 0. The summed E-state index contributed by atoms with van der Waals surface area (Å²) in [6.45, 7) is 0. The minimum atomic E-state index is 0. The van der Waals surface area contributed by atoms with Gasteiger partial charge in [-0.05, 0) is 0 Å². The van der Waals surface area contributed by atoms with E-state index in [0.717, 1.165) is 6.42 Å². The third-order valence-corrected chi connectivity index (χ3v) is 1.90. The zero-order valence-corrected chi connectivity index (χ0v) is 12.3. The van der Waals surface area contributed by atoms with Crippen molar-refractivity contribution in [2.45, 2.75) is 38.5 Å². The summed E-state index contributed by atoms with van der Waals surface area (Å²) in [5, 5.41) is 0. The van der Waals surface area contributed by atoms with Gasteiger partial charge in [0.25, 0.3) is 0 Å². The Morgan fingerprint density at radius 3 is 1.79 bits per heavy atom. The first kappa shape index (κ1) is 20.4. The van der Waals surface area contributed by atoms with E-state index in [2.05, 4.69) is 18.6 Å². The monoisotopic (exact) mass is 308 g/mol. The van der Waals surface area contributed by atoms with E-state index in [-0.39, 0.29) is 51.0 Å². The van der Waals surface area contributed by atoms with Crippen molar-refractivity contribution in [3.63, 3.8) is 0 Å². The molecule has 0 N–H and O–H groups in total. The van der Waals surface area contributed by atoms with Crippen LogP contribution in [-0.2, 0) is 26.2 Å². The van der Waals surface area contributed by atoms with Crippen LogP contribution in [0.25, 0.3) is 0 Å². The molecule has 0 amide bonds. The first-order valence-corrected chi connectivity index (χ1v) is 4.53. The molecule has 2 aliphatic carbocycles. The molecule has 0 aromatic heterocycles. The van der Waals surface area contributed by atoms with Crippen molar-refractivity contribution in [1.29, 1.82) is 0 Å². The quantitative estimate of drug-likeness (QED) is 0.433. The van der Waals surface area contributed by atoms with Gasteiger partial charge in [0.15, 0.2) is 0 Å². The molecule has 1 fully saturated rings. The third kappa shape index (κ3) is 12.9. The van der Waals surface area contributed by atoms with E-state index >= 15 is 0 Å². The number of halogens is 2. The topological polar surface area (TPSA) is 0 Å². The van der Waals surface area contributed by atoms with Gasteiger partial charge in [0.05, 0.1) is 0 Å². The van der Waals surface area contributed by atoms with E-state index in [4.69, 9.17) is 0 Å². The maximum Gasteiger partial charge on any atom is 4.00 e. The Morgan fingerprint density at radius 2 is 1.64 bits per heavy atom. The molecular weight excluding hydrogens is 294 g/mol. The molecule has 0 aliphatic heterocycles. The molecule has 0 aromatic rings. The van der Waals surface area contributed by atoms with Crippen LogP contribution in [0.1, 0.15) is 38.5 Å². The van der Waals surface area contributed by atoms with Gasteiger partial charge in [-0.25, -0.2) is 12.2 Å². The molecule has 0 radical (unpaired) electrons. The van der Waals surface area contributed by atoms with Crippen LogP contribution in [0, 0.1) is 12.5 Å². The zero-order chi connectivity index (χ0) is 7.78. The summed E-state index contributed by atoms with van der Waals surface area (Å²) in [7, 11) is 0. The molecule has 0 aromatic carbocycles. The van der Waals surface area contributed by atoms with E-state index in [1.807, 2.05) is 12.2 Å². The van der Waals surface area contributed by atoms with Crippen molar-refractivity contribution in [1.82, 2.24) is 0 Å². The summed E-state index contributed by atoms with van der Waals surface area (Å²) < 4.78 is 0. The number of allylic oxidation sites excluding steroid dienone is 4. The fraction of sp³-hybridized carbons (Fsp3) is 0.545. The van der Waals surface area contributed by atoms with Crippen LogP contribution < -0.4 is 24.8 Å². The second-order valence-electron chi connectivity index (χ2n) is 2.93. The fourth-order valence-corrected chi connectivity index (χ4v) is 1.24. The molecule has 0 bridgehead atoms. The molecule has 1 saturated carbocycles. The summed E-state index contributed by atoms with van der Waals surface area (Å²) in [4.78, 5) is 0. The molecule has 3 heteroatoms. The molecular formula is C11H16Cl2Zr. The SMILES string of the molecule is [C-]1=CC=CC1.[CH-]1CCCCC1.[Cl-].[Cl-].[Zr+4]. The summed E-state index contributed by atoms with van der Waals surface area (Å²) in [6.07, 6.45) is 19.5. The summed E-state index contributed by atoms with van der Waals surface area (Å²) >= 11 is 0.